The molecule has 3 atom stereocenters. The number of rotatable bonds is 8. The van der Waals surface area contributed by atoms with E-state index in [0.29, 0.717) is 11.7 Å². The highest BCUT2D eigenvalue weighted by Crippen LogP contribution is 2.33. The molecule has 2 fully saturated rings. The zero-order valence-electron chi connectivity index (χ0n) is 13.8. The van der Waals surface area contributed by atoms with E-state index in [4.69, 9.17) is 0 Å². The second kappa shape index (κ2) is 7.90. The first-order valence-corrected chi connectivity index (χ1v) is 9.58. The van der Waals surface area contributed by atoms with Crippen molar-refractivity contribution in [2.24, 2.45) is 0 Å². The van der Waals surface area contributed by atoms with Crippen LogP contribution in [0.4, 0.5) is 4.79 Å². The van der Waals surface area contributed by atoms with Gasteiger partial charge in [-0.2, -0.15) is 11.8 Å². The second-order valence-electron chi connectivity index (χ2n) is 6.38. The SMILES string of the molecule is O=C(CCCC[C@@H]1SCC2NC(=O)NC21)NCCN1C(=O)C=CC1=O. The number of carbonyl (C=O) groups is 4. The minimum absolute atomic E-state index is 0.0696. The van der Waals surface area contributed by atoms with Gasteiger partial charge in [-0.05, 0) is 12.8 Å². The highest BCUT2D eigenvalue weighted by molar-refractivity contribution is 8.00. The Balaban J connectivity index is 1.25. The number of thioether (sulfide) groups is 1. The topological polar surface area (TPSA) is 108 Å². The van der Waals surface area contributed by atoms with Gasteiger partial charge in [0, 0.05) is 42.7 Å². The van der Waals surface area contributed by atoms with Crippen molar-refractivity contribution in [3.05, 3.63) is 12.2 Å². The molecule has 2 unspecified atom stereocenters. The molecule has 5 amide bonds. The van der Waals surface area contributed by atoms with Gasteiger partial charge < -0.3 is 16.0 Å². The Morgan fingerprint density at radius 3 is 2.72 bits per heavy atom. The molecule has 0 spiro atoms. The third kappa shape index (κ3) is 4.33. The van der Waals surface area contributed by atoms with Gasteiger partial charge in [0.15, 0.2) is 0 Å². The van der Waals surface area contributed by atoms with Gasteiger partial charge >= 0.3 is 6.03 Å². The monoisotopic (exact) mass is 366 g/mol. The predicted molar refractivity (Wildman–Crippen MR) is 92.8 cm³/mol. The number of nitrogens with zero attached hydrogens (tertiary/aromatic N) is 1. The molecule has 0 bridgehead atoms. The number of unbranched alkanes of at least 4 members (excludes halogenated alkanes) is 1. The number of urea groups is 1. The largest absolute Gasteiger partial charge is 0.354 e. The van der Waals surface area contributed by atoms with Crippen LogP contribution in [0.5, 0.6) is 0 Å². The maximum absolute atomic E-state index is 11.8. The Bertz CT molecular complexity index is 591. The lowest BCUT2D eigenvalue weighted by Gasteiger charge is -2.16. The Labute approximate surface area is 150 Å². The fraction of sp³-hybridized carbons (Fsp3) is 0.625. The molecule has 3 aliphatic heterocycles. The predicted octanol–water partition coefficient (Wildman–Crippen LogP) is -0.247. The Kier molecular flexibility index (Phi) is 5.62. The van der Waals surface area contributed by atoms with Crippen LogP contribution in [0, 0.1) is 0 Å². The molecular formula is C16H22N4O4S. The lowest BCUT2D eigenvalue weighted by molar-refractivity contribution is -0.137. The van der Waals surface area contributed by atoms with Crippen LogP contribution < -0.4 is 16.0 Å². The number of imide groups is 1. The molecule has 0 radical (unpaired) electrons. The van der Waals surface area contributed by atoms with Crippen LogP contribution in [-0.4, -0.2) is 64.8 Å². The fourth-order valence-electron chi connectivity index (χ4n) is 3.32. The maximum Gasteiger partial charge on any atom is 0.315 e. The van der Waals surface area contributed by atoms with Crippen molar-refractivity contribution in [3.63, 3.8) is 0 Å². The van der Waals surface area contributed by atoms with E-state index in [1.165, 1.54) is 12.2 Å². The number of nitrogens with one attached hydrogen (secondary N) is 3. The normalized spacial score (nSPS) is 27.4. The molecule has 2 saturated heterocycles. The first-order chi connectivity index (χ1) is 12.0. The quantitative estimate of drug-likeness (QED) is 0.312. The summed E-state index contributed by atoms with van der Waals surface area (Å²) in [6.45, 7) is 0.475. The number of fused-ring (bicyclic) bond motifs is 1. The molecule has 8 nitrogen and oxygen atoms in total. The molecule has 0 aromatic rings. The van der Waals surface area contributed by atoms with Crippen molar-refractivity contribution in [2.75, 3.05) is 18.8 Å². The maximum atomic E-state index is 11.8. The first-order valence-electron chi connectivity index (χ1n) is 8.53. The molecular weight excluding hydrogens is 344 g/mol. The van der Waals surface area contributed by atoms with E-state index in [9.17, 15) is 19.2 Å². The molecule has 0 aromatic heterocycles. The van der Waals surface area contributed by atoms with Gasteiger partial charge in [0.1, 0.15) is 0 Å². The summed E-state index contributed by atoms with van der Waals surface area (Å²) in [7, 11) is 0. The van der Waals surface area contributed by atoms with Crippen LogP contribution in [0.1, 0.15) is 25.7 Å². The van der Waals surface area contributed by atoms with Crippen molar-refractivity contribution in [1.82, 2.24) is 20.9 Å². The number of hydrogen-bond acceptors (Lipinski definition) is 5. The van der Waals surface area contributed by atoms with Crippen molar-refractivity contribution >= 4 is 35.5 Å². The molecule has 9 heteroatoms. The van der Waals surface area contributed by atoms with E-state index >= 15 is 0 Å². The third-order valence-corrected chi connectivity index (χ3v) is 6.15. The van der Waals surface area contributed by atoms with E-state index in [0.717, 1.165) is 29.9 Å². The summed E-state index contributed by atoms with van der Waals surface area (Å²) in [6.07, 6.45) is 5.58. The van der Waals surface area contributed by atoms with Gasteiger partial charge in [-0.3, -0.25) is 19.3 Å². The number of carbonyl (C=O) groups excluding carboxylic acids is 4. The lowest BCUT2D eigenvalue weighted by atomic mass is 10.0. The van der Waals surface area contributed by atoms with Crippen LogP contribution >= 0.6 is 11.8 Å². The number of hydrogen-bond donors (Lipinski definition) is 3. The molecule has 3 rings (SSSR count). The van der Waals surface area contributed by atoms with Crippen LogP contribution in [-0.2, 0) is 14.4 Å². The molecule has 136 valence electrons. The summed E-state index contributed by atoms with van der Waals surface area (Å²) in [4.78, 5) is 47.0. The Morgan fingerprint density at radius 2 is 1.96 bits per heavy atom. The summed E-state index contributed by atoms with van der Waals surface area (Å²) in [5, 5.41) is 9.02. The van der Waals surface area contributed by atoms with E-state index in [-0.39, 0.29) is 48.9 Å². The molecule has 3 aliphatic rings. The standard InChI is InChI=1S/C16H22N4O4S/c21-12(17-7-8-20-13(22)5-6-14(20)23)4-2-1-3-11-15-10(9-25-11)18-16(24)19-15/h5-6,10-11,15H,1-4,7-9H2,(H,17,21)(H2,18,19,24)/t10?,11-,15?/m0/s1. The average Bonchev–Trinajstić information content (AvgIpc) is 3.21. The smallest absolute Gasteiger partial charge is 0.315 e. The van der Waals surface area contributed by atoms with Crippen molar-refractivity contribution in [3.8, 4) is 0 Å². The van der Waals surface area contributed by atoms with Gasteiger partial charge in [-0.15, -0.1) is 0 Å². The summed E-state index contributed by atoms with van der Waals surface area (Å²) in [6, 6.07) is 0.358. The summed E-state index contributed by atoms with van der Waals surface area (Å²) < 4.78 is 0. The summed E-state index contributed by atoms with van der Waals surface area (Å²) >= 11 is 1.87. The molecule has 25 heavy (non-hydrogen) atoms. The Hall–Kier alpha value is -2.03. The molecule has 3 N–H and O–H groups in total. The van der Waals surface area contributed by atoms with Crippen molar-refractivity contribution in [2.45, 2.75) is 43.0 Å². The van der Waals surface area contributed by atoms with Crippen LogP contribution in [0.25, 0.3) is 0 Å². The van der Waals surface area contributed by atoms with Gasteiger partial charge in [0.2, 0.25) is 5.91 Å². The zero-order valence-corrected chi connectivity index (χ0v) is 14.6. The zero-order chi connectivity index (χ0) is 17.8. The summed E-state index contributed by atoms with van der Waals surface area (Å²) in [5.74, 6) is 0.206. The van der Waals surface area contributed by atoms with E-state index in [1.54, 1.807) is 0 Å². The minimum Gasteiger partial charge on any atom is -0.354 e. The molecule has 0 aromatic carbocycles. The van der Waals surface area contributed by atoms with E-state index in [2.05, 4.69) is 16.0 Å². The van der Waals surface area contributed by atoms with E-state index in [1.807, 2.05) is 11.8 Å². The van der Waals surface area contributed by atoms with Gasteiger partial charge in [-0.25, -0.2) is 4.79 Å². The third-order valence-electron chi connectivity index (χ3n) is 4.64. The van der Waals surface area contributed by atoms with E-state index < -0.39 is 0 Å². The highest BCUT2D eigenvalue weighted by atomic mass is 32.2. The van der Waals surface area contributed by atoms with Gasteiger partial charge in [0.05, 0.1) is 12.1 Å². The average molecular weight is 366 g/mol. The molecule has 0 saturated carbocycles. The lowest BCUT2D eigenvalue weighted by Crippen LogP contribution is -2.38. The fourth-order valence-corrected chi connectivity index (χ4v) is 4.86. The van der Waals surface area contributed by atoms with Gasteiger partial charge in [0.25, 0.3) is 11.8 Å². The second-order valence-corrected chi connectivity index (χ2v) is 7.65. The minimum atomic E-state index is -0.333. The van der Waals surface area contributed by atoms with Crippen molar-refractivity contribution in [1.29, 1.82) is 0 Å². The van der Waals surface area contributed by atoms with Crippen LogP contribution in [0.3, 0.4) is 0 Å². The first kappa shape index (κ1) is 17.8. The van der Waals surface area contributed by atoms with Crippen molar-refractivity contribution < 1.29 is 19.2 Å². The van der Waals surface area contributed by atoms with Crippen LogP contribution in [0.2, 0.25) is 0 Å². The molecule has 0 aliphatic carbocycles. The van der Waals surface area contributed by atoms with Crippen LogP contribution in [0.15, 0.2) is 12.2 Å². The number of amides is 5. The van der Waals surface area contributed by atoms with Gasteiger partial charge in [-0.1, -0.05) is 6.42 Å². The molecule has 3 heterocycles. The highest BCUT2D eigenvalue weighted by Gasteiger charge is 2.42. The summed E-state index contributed by atoms with van der Waals surface area (Å²) in [5.41, 5.74) is 0. The Morgan fingerprint density at radius 1 is 1.20 bits per heavy atom.